The molecule has 4 bridgehead atoms. The van der Waals surface area contributed by atoms with Gasteiger partial charge in [0.15, 0.2) is 23.0 Å². The van der Waals surface area contributed by atoms with E-state index in [-0.39, 0.29) is 60.1 Å². The number of esters is 2. The van der Waals surface area contributed by atoms with E-state index in [2.05, 4.69) is 35.1 Å². The van der Waals surface area contributed by atoms with E-state index >= 15 is 0 Å². The van der Waals surface area contributed by atoms with Gasteiger partial charge >= 0.3 is 11.9 Å². The fourth-order valence-corrected chi connectivity index (χ4v) is 15.1. The lowest BCUT2D eigenvalue weighted by Crippen LogP contribution is -2.61. The fourth-order valence-electron chi connectivity index (χ4n) is 15.1. The van der Waals surface area contributed by atoms with Crippen LogP contribution in [0.15, 0.2) is 48.6 Å². The molecule has 0 amide bonds. The number of fused-ring (bicyclic) bond motifs is 2. The van der Waals surface area contributed by atoms with Gasteiger partial charge in [0.25, 0.3) is 0 Å². The molecule has 12 aliphatic rings. The normalized spacial score (nSPS) is 45.8. The van der Waals surface area contributed by atoms with Gasteiger partial charge in [-0.3, -0.25) is 19.4 Å². The quantitative estimate of drug-likeness (QED) is 0.103. The third-order valence-electron chi connectivity index (χ3n) is 17.6. The summed E-state index contributed by atoms with van der Waals surface area (Å²) in [7, 11) is 0. The van der Waals surface area contributed by atoms with Gasteiger partial charge in [0.2, 0.25) is 0 Å². The highest BCUT2D eigenvalue weighted by Gasteiger charge is 2.92. The molecule has 0 radical (unpaired) electrons. The van der Waals surface area contributed by atoms with Crippen molar-refractivity contribution >= 4 is 11.9 Å². The Morgan fingerprint density at radius 2 is 1.12 bits per heavy atom. The zero-order valence-corrected chi connectivity index (χ0v) is 31.7. The number of likely N-dealkylation sites (tertiary alicyclic amines) is 2. The minimum absolute atomic E-state index is 0.120. The Labute approximate surface area is 325 Å². The standard InChI is InChI=1S/C46H48N2O8/c1-23-15-17-45(51)39-43(47(39)19-25-7-8-25)21-41(45)33-27(43)11-13-29(35(33)55-37(23)41)53-31(49)5-3-4-6-32(50)54-30-14-12-28-34-36(30)56-38-24(2)16-18-46(52)40-44(28,22-42(34,38)46)48(40)20-26-9-10-26/h11-14,25-26,37-40,51-52H,1-10,15-22H2/t37-,38?,39?,40?,41-,42-,43?,44?,45+,46+,47?,48?/m0/s1. The van der Waals surface area contributed by atoms with Gasteiger partial charge in [-0.2, -0.15) is 0 Å². The van der Waals surface area contributed by atoms with Crippen LogP contribution in [-0.2, 0) is 31.5 Å². The maximum Gasteiger partial charge on any atom is 0.311 e. The van der Waals surface area contributed by atoms with Crippen molar-refractivity contribution in [2.24, 2.45) is 11.8 Å². The van der Waals surface area contributed by atoms with Gasteiger partial charge < -0.3 is 29.2 Å². The van der Waals surface area contributed by atoms with Crippen LogP contribution in [0.3, 0.4) is 0 Å². The van der Waals surface area contributed by atoms with Crippen LogP contribution in [-0.4, -0.2) is 80.5 Å². The Morgan fingerprint density at radius 3 is 1.54 bits per heavy atom. The Bertz CT molecular complexity index is 2160. The van der Waals surface area contributed by atoms with Crippen molar-refractivity contribution < 1.29 is 38.7 Å². The zero-order valence-electron chi connectivity index (χ0n) is 31.7. The number of benzene rings is 2. The Morgan fingerprint density at radius 1 is 0.696 bits per heavy atom. The van der Waals surface area contributed by atoms with Crippen LogP contribution in [0, 0.1) is 11.8 Å². The van der Waals surface area contributed by atoms with Crippen LogP contribution >= 0.6 is 0 Å². The van der Waals surface area contributed by atoms with E-state index in [1.807, 2.05) is 12.1 Å². The molecule has 4 heterocycles. The maximum atomic E-state index is 13.3. The summed E-state index contributed by atoms with van der Waals surface area (Å²) in [5, 5.41) is 25.0. The van der Waals surface area contributed by atoms with Crippen LogP contribution < -0.4 is 18.9 Å². The molecule has 14 rings (SSSR count). The van der Waals surface area contributed by atoms with Crippen molar-refractivity contribution in [3.63, 3.8) is 0 Å². The Balaban J connectivity index is 0.664. The average Bonchev–Trinajstić information content (AvgIpc) is 4.14. The first-order valence-corrected chi connectivity index (χ1v) is 21.5. The first kappa shape index (κ1) is 32.3. The van der Waals surface area contributed by atoms with E-state index in [9.17, 15) is 19.8 Å². The molecule has 4 aliphatic heterocycles. The summed E-state index contributed by atoms with van der Waals surface area (Å²) in [5.41, 5.74) is 3.46. The SMILES string of the molecule is C=C1CC[C@@]2(O)C3N(CC4CC4)C34C[C@@]23c2c4ccc(OC(=O)CCCCC(=O)Oc4ccc5c6c4O[C@H]4C(=C)CC[C@@]7(O)C8N(CC9CC9)C58C[C@]647)c2OC13. The molecule has 7 unspecified atom stereocenters. The van der Waals surface area contributed by atoms with Crippen molar-refractivity contribution in [1.29, 1.82) is 0 Å². The second-order valence-electron chi connectivity index (χ2n) is 20.1. The summed E-state index contributed by atoms with van der Waals surface area (Å²) >= 11 is 0. The smallest absolute Gasteiger partial charge is 0.311 e. The number of unbranched alkanes of at least 4 members (excludes halogenated alkanes) is 1. The van der Waals surface area contributed by atoms with Gasteiger partial charge in [-0.15, -0.1) is 0 Å². The highest BCUT2D eigenvalue weighted by atomic mass is 16.6. The summed E-state index contributed by atoms with van der Waals surface area (Å²) in [4.78, 5) is 31.7. The van der Waals surface area contributed by atoms with E-state index in [4.69, 9.17) is 18.9 Å². The molecule has 290 valence electrons. The van der Waals surface area contributed by atoms with Crippen LogP contribution in [0.25, 0.3) is 0 Å². The topological polar surface area (TPSA) is 118 Å². The number of piperidine rings is 2. The Kier molecular flexibility index (Phi) is 5.53. The Hall–Kier alpha value is -3.70. The monoisotopic (exact) mass is 756 g/mol. The number of nitrogens with zero attached hydrogens (tertiary/aromatic N) is 2. The van der Waals surface area contributed by atoms with Crippen molar-refractivity contribution in [2.75, 3.05) is 13.1 Å². The van der Waals surface area contributed by atoms with E-state index in [1.54, 1.807) is 0 Å². The zero-order chi connectivity index (χ0) is 37.5. The number of ether oxygens (including phenoxy) is 4. The van der Waals surface area contributed by atoms with E-state index in [0.717, 1.165) is 72.9 Å². The van der Waals surface area contributed by atoms with Crippen molar-refractivity contribution in [2.45, 2.75) is 147 Å². The molecule has 8 fully saturated rings. The average molecular weight is 757 g/mol. The van der Waals surface area contributed by atoms with Gasteiger partial charge in [-0.05, 0) is 123 Å². The molecule has 12 atom stereocenters. The molecule has 0 aromatic heterocycles. The van der Waals surface area contributed by atoms with Gasteiger partial charge in [0.05, 0.1) is 45.2 Å². The lowest BCUT2D eigenvalue weighted by atomic mass is 9.58. The fraction of sp³-hybridized carbons (Fsp3) is 0.609. The van der Waals surface area contributed by atoms with Gasteiger partial charge in [0.1, 0.15) is 12.2 Å². The van der Waals surface area contributed by atoms with Crippen molar-refractivity contribution in [3.8, 4) is 23.0 Å². The van der Waals surface area contributed by atoms with Crippen LogP contribution in [0.4, 0.5) is 0 Å². The minimum Gasteiger partial charge on any atom is -0.481 e. The van der Waals surface area contributed by atoms with E-state index in [0.29, 0.717) is 48.7 Å². The molecule has 2 saturated heterocycles. The third-order valence-corrected chi connectivity index (χ3v) is 17.6. The molecule has 56 heavy (non-hydrogen) atoms. The summed E-state index contributed by atoms with van der Waals surface area (Å²) in [6.07, 6.45) is 10.2. The van der Waals surface area contributed by atoms with Gasteiger partial charge in [-0.25, -0.2) is 0 Å². The maximum absolute atomic E-state index is 13.3. The molecular weight excluding hydrogens is 709 g/mol. The van der Waals surface area contributed by atoms with Crippen LogP contribution in [0.5, 0.6) is 23.0 Å². The summed E-state index contributed by atoms with van der Waals surface area (Å²) in [5.74, 6) is 2.74. The van der Waals surface area contributed by atoms with Crippen LogP contribution in [0.1, 0.15) is 112 Å². The third kappa shape index (κ3) is 3.27. The second kappa shape index (κ2) is 9.60. The first-order valence-electron chi connectivity index (χ1n) is 21.5. The highest BCUT2D eigenvalue weighted by molar-refractivity contribution is 5.79. The molecule has 8 aliphatic carbocycles. The number of rotatable bonds is 11. The lowest BCUT2D eigenvalue weighted by Gasteiger charge is -2.49. The molecule has 10 nitrogen and oxygen atoms in total. The number of carbonyl (C=O) groups excluding carboxylic acids is 2. The summed E-state index contributed by atoms with van der Waals surface area (Å²) < 4.78 is 25.3. The molecule has 4 spiro atoms. The number of hydrogen-bond acceptors (Lipinski definition) is 10. The number of carbonyl (C=O) groups is 2. The first-order chi connectivity index (χ1) is 27.0. The van der Waals surface area contributed by atoms with Crippen molar-refractivity contribution in [3.05, 3.63) is 70.8 Å². The predicted octanol–water partition coefficient (Wildman–Crippen LogP) is 5.33. The van der Waals surface area contributed by atoms with E-state index in [1.165, 1.54) is 36.8 Å². The molecule has 2 aromatic rings. The van der Waals surface area contributed by atoms with Gasteiger partial charge in [0, 0.05) is 37.1 Å². The molecule has 10 heteroatoms. The van der Waals surface area contributed by atoms with Gasteiger partial charge in [-0.1, -0.05) is 25.3 Å². The largest absolute Gasteiger partial charge is 0.481 e. The summed E-state index contributed by atoms with van der Waals surface area (Å²) in [6, 6.07) is 8.24. The lowest BCUT2D eigenvalue weighted by molar-refractivity contribution is -0.136. The molecule has 6 saturated carbocycles. The highest BCUT2D eigenvalue weighted by Crippen LogP contribution is 2.84. The predicted molar refractivity (Wildman–Crippen MR) is 200 cm³/mol. The number of aliphatic hydroxyl groups is 2. The van der Waals surface area contributed by atoms with Crippen LogP contribution in [0.2, 0.25) is 0 Å². The summed E-state index contributed by atoms with van der Waals surface area (Å²) in [6.45, 7) is 10.9. The second-order valence-corrected chi connectivity index (χ2v) is 20.1. The molecule has 2 N–H and O–H groups in total. The minimum atomic E-state index is -0.875. The van der Waals surface area contributed by atoms with Crippen molar-refractivity contribution in [1.82, 2.24) is 9.80 Å². The molecular formula is C46H48N2O8. The number of hydrogen-bond donors (Lipinski definition) is 2. The van der Waals surface area contributed by atoms with E-state index < -0.39 is 22.0 Å². The molecule has 2 aromatic carbocycles.